The molecule has 0 unspecified atom stereocenters. The Kier molecular flexibility index (Phi) is 6.83. The van der Waals surface area contributed by atoms with E-state index in [0.29, 0.717) is 28.5 Å². The number of benzene rings is 2. The number of anilines is 1. The SMILES string of the molecule is CCOc1ccc(Oc2ccc(NC(=O)COC(=O)c3cc[n+]([O-])cc3)cc2)cc1. The van der Waals surface area contributed by atoms with Gasteiger partial charge < -0.3 is 24.7 Å². The highest BCUT2D eigenvalue weighted by Crippen LogP contribution is 2.25. The number of esters is 1. The number of carbonyl (C=O) groups excluding carboxylic acids is 2. The lowest BCUT2D eigenvalue weighted by Crippen LogP contribution is -2.25. The van der Waals surface area contributed by atoms with Crippen LogP contribution in [-0.4, -0.2) is 25.1 Å². The Morgan fingerprint density at radius 3 is 2.07 bits per heavy atom. The Hall–Kier alpha value is -4.07. The minimum absolute atomic E-state index is 0.186. The van der Waals surface area contributed by atoms with E-state index in [4.69, 9.17) is 14.2 Å². The molecule has 8 heteroatoms. The van der Waals surface area contributed by atoms with Crippen LogP contribution in [0.1, 0.15) is 17.3 Å². The van der Waals surface area contributed by atoms with Crippen molar-refractivity contribution in [1.82, 2.24) is 0 Å². The first-order valence-electron chi connectivity index (χ1n) is 9.20. The van der Waals surface area contributed by atoms with Crippen molar-refractivity contribution in [2.75, 3.05) is 18.5 Å². The van der Waals surface area contributed by atoms with Crippen LogP contribution in [0.4, 0.5) is 5.69 Å². The molecule has 0 aliphatic heterocycles. The van der Waals surface area contributed by atoms with Gasteiger partial charge in [0, 0.05) is 17.8 Å². The molecular weight excluding hydrogens is 388 g/mol. The predicted molar refractivity (Wildman–Crippen MR) is 108 cm³/mol. The predicted octanol–water partition coefficient (Wildman–Crippen LogP) is 3.31. The van der Waals surface area contributed by atoms with Crippen LogP contribution in [0.15, 0.2) is 73.1 Å². The lowest BCUT2D eigenvalue weighted by molar-refractivity contribution is -0.605. The molecule has 0 bridgehead atoms. The van der Waals surface area contributed by atoms with Crippen LogP contribution in [0.25, 0.3) is 0 Å². The Labute approximate surface area is 173 Å². The van der Waals surface area contributed by atoms with Crippen LogP contribution in [0.3, 0.4) is 0 Å². The van der Waals surface area contributed by atoms with Crippen molar-refractivity contribution in [1.29, 1.82) is 0 Å². The summed E-state index contributed by atoms with van der Waals surface area (Å²) in [7, 11) is 0. The normalized spacial score (nSPS) is 10.2. The molecule has 0 aliphatic rings. The summed E-state index contributed by atoms with van der Waals surface area (Å²) in [5.74, 6) is 0.849. The molecule has 3 aromatic rings. The molecule has 30 heavy (non-hydrogen) atoms. The van der Waals surface area contributed by atoms with Gasteiger partial charge in [-0.15, -0.1) is 0 Å². The smallest absolute Gasteiger partial charge is 0.339 e. The lowest BCUT2D eigenvalue weighted by Gasteiger charge is -2.09. The summed E-state index contributed by atoms with van der Waals surface area (Å²) >= 11 is 0. The first kappa shape index (κ1) is 20.7. The van der Waals surface area contributed by atoms with Crippen LogP contribution in [-0.2, 0) is 9.53 Å². The van der Waals surface area contributed by atoms with Crippen molar-refractivity contribution in [2.45, 2.75) is 6.92 Å². The molecule has 0 radical (unpaired) electrons. The zero-order valence-corrected chi connectivity index (χ0v) is 16.2. The first-order valence-corrected chi connectivity index (χ1v) is 9.20. The molecule has 0 fully saturated rings. The van der Waals surface area contributed by atoms with E-state index < -0.39 is 18.5 Å². The zero-order valence-electron chi connectivity index (χ0n) is 16.2. The monoisotopic (exact) mass is 408 g/mol. The maximum absolute atomic E-state index is 12.0. The molecule has 2 aromatic carbocycles. The van der Waals surface area contributed by atoms with Gasteiger partial charge in [0.2, 0.25) is 0 Å². The minimum Gasteiger partial charge on any atom is -0.619 e. The van der Waals surface area contributed by atoms with Crippen molar-refractivity contribution in [2.24, 2.45) is 0 Å². The van der Waals surface area contributed by atoms with Crippen molar-refractivity contribution < 1.29 is 28.5 Å². The molecule has 0 atom stereocenters. The Morgan fingerprint density at radius 1 is 0.900 bits per heavy atom. The third kappa shape index (κ3) is 5.96. The van der Waals surface area contributed by atoms with E-state index in [1.165, 1.54) is 24.5 Å². The zero-order chi connectivity index (χ0) is 21.3. The van der Waals surface area contributed by atoms with Gasteiger partial charge in [0.1, 0.15) is 17.2 Å². The summed E-state index contributed by atoms with van der Waals surface area (Å²) in [5, 5.41) is 13.6. The van der Waals surface area contributed by atoms with Gasteiger partial charge in [-0.1, -0.05) is 0 Å². The highest BCUT2D eigenvalue weighted by molar-refractivity contribution is 5.95. The molecular formula is C22H20N2O6. The fourth-order valence-corrected chi connectivity index (χ4v) is 2.47. The van der Waals surface area contributed by atoms with Gasteiger partial charge in [-0.2, -0.15) is 4.73 Å². The topological polar surface area (TPSA) is 101 Å². The minimum atomic E-state index is -0.690. The summed E-state index contributed by atoms with van der Waals surface area (Å²) in [6.07, 6.45) is 2.35. The van der Waals surface area contributed by atoms with E-state index in [1.807, 2.05) is 19.1 Å². The average Bonchev–Trinajstić information content (AvgIpc) is 2.75. The maximum atomic E-state index is 12.0. The van der Waals surface area contributed by atoms with Gasteiger partial charge in [-0.05, 0) is 55.5 Å². The van der Waals surface area contributed by atoms with E-state index in [0.717, 1.165) is 5.75 Å². The van der Waals surface area contributed by atoms with Gasteiger partial charge in [0.05, 0.1) is 12.2 Å². The number of aromatic nitrogens is 1. The Bertz CT molecular complexity index is 986. The van der Waals surface area contributed by atoms with Crippen molar-refractivity contribution in [3.63, 3.8) is 0 Å². The molecule has 1 aromatic heterocycles. The fraction of sp³-hybridized carbons (Fsp3) is 0.136. The molecule has 1 amide bonds. The number of pyridine rings is 1. The van der Waals surface area contributed by atoms with Crippen LogP contribution >= 0.6 is 0 Å². The van der Waals surface area contributed by atoms with Gasteiger partial charge in [-0.25, -0.2) is 4.79 Å². The molecule has 1 N–H and O–H groups in total. The summed E-state index contributed by atoms with van der Waals surface area (Å²) in [4.78, 5) is 23.8. The van der Waals surface area contributed by atoms with Gasteiger partial charge >= 0.3 is 5.97 Å². The summed E-state index contributed by atoms with van der Waals surface area (Å²) in [6.45, 7) is 2.07. The van der Waals surface area contributed by atoms with E-state index in [9.17, 15) is 14.8 Å². The van der Waals surface area contributed by atoms with Crippen LogP contribution in [0.2, 0.25) is 0 Å². The lowest BCUT2D eigenvalue weighted by atomic mass is 10.3. The molecule has 0 saturated carbocycles. The third-order valence-electron chi connectivity index (χ3n) is 3.88. The van der Waals surface area contributed by atoms with E-state index in [1.54, 1.807) is 36.4 Å². The Balaban J connectivity index is 1.48. The highest BCUT2D eigenvalue weighted by atomic mass is 16.5. The van der Waals surface area contributed by atoms with Crippen molar-refractivity contribution >= 4 is 17.6 Å². The molecule has 0 spiro atoms. The number of rotatable bonds is 8. The first-order chi connectivity index (χ1) is 14.5. The van der Waals surface area contributed by atoms with Crippen molar-refractivity contribution in [3.8, 4) is 17.2 Å². The largest absolute Gasteiger partial charge is 0.619 e. The maximum Gasteiger partial charge on any atom is 0.339 e. The number of nitrogens with zero attached hydrogens (tertiary/aromatic N) is 1. The summed E-state index contributed by atoms with van der Waals surface area (Å²) < 4.78 is 16.6. The molecule has 8 nitrogen and oxygen atoms in total. The number of ether oxygens (including phenoxy) is 3. The quantitative estimate of drug-likeness (QED) is 0.349. The molecule has 0 aliphatic carbocycles. The third-order valence-corrected chi connectivity index (χ3v) is 3.88. The van der Waals surface area contributed by atoms with Crippen LogP contribution in [0.5, 0.6) is 17.2 Å². The molecule has 0 saturated heterocycles. The van der Waals surface area contributed by atoms with Gasteiger partial charge in [-0.3, -0.25) is 4.79 Å². The summed E-state index contributed by atoms with van der Waals surface area (Å²) in [5.41, 5.74) is 0.716. The number of amides is 1. The average molecular weight is 408 g/mol. The molecule has 1 heterocycles. The Morgan fingerprint density at radius 2 is 1.47 bits per heavy atom. The van der Waals surface area contributed by atoms with Gasteiger partial charge in [0.15, 0.2) is 19.0 Å². The fourth-order valence-electron chi connectivity index (χ4n) is 2.47. The second kappa shape index (κ2) is 9.92. The van der Waals surface area contributed by atoms with Crippen molar-refractivity contribution in [3.05, 3.63) is 83.8 Å². The number of carbonyl (C=O) groups is 2. The number of hydrogen-bond acceptors (Lipinski definition) is 6. The van der Waals surface area contributed by atoms with Gasteiger partial charge in [0.25, 0.3) is 5.91 Å². The van der Waals surface area contributed by atoms with E-state index in [2.05, 4.69) is 5.32 Å². The van der Waals surface area contributed by atoms with Crippen LogP contribution in [0, 0.1) is 5.21 Å². The number of nitrogens with one attached hydrogen (secondary N) is 1. The highest BCUT2D eigenvalue weighted by Gasteiger charge is 2.11. The number of hydrogen-bond donors (Lipinski definition) is 1. The summed E-state index contributed by atoms with van der Waals surface area (Å²) in [6, 6.07) is 16.6. The van der Waals surface area contributed by atoms with E-state index in [-0.39, 0.29) is 5.56 Å². The standard InChI is InChI=1S/C22H20N2O6/c1-2-28-18-7-9-20(10-8-18)30-19-5-3-17(4-6-19)23-21(25)15-29-22(26)16-11-13-24(27)14-12-16/h3-14H,2,15H2,1H3,(H,23,25). The van der Waals surface area contributed by atoms with E-state index >= 15 is 0 Å². The molecule has 3 rings (SSSR count). The van der Waals surface area contributed by atoms with Crippen LogP contribution < -0.4 is 19.5 Å². The molecule has 154 valence electrons. The second-order valence-corrected chi connectivity index (χ2v) is 6.10. The second-order valence-electron chi connectivity index (χ2n) is 6.10.